The zero-order valence-electron chi connectivity index (χ0n) is 16.3. The van der Waals surface area contributed by atoms with Crippen molar-refractivity contribution in [2.75, 3.05) is 0 Å². The molecule has 2 bridgehead atoms. The van der Waals surface area contributed by atoms with Crippen molar-refractivity contribution < 1.29 is 14.7 Å². The summed E-state index contributed by atoms with van der Waals surface area (Å²) in [5.74, 6) is 0.192. The minimum Gasteiger partial charge on any atom is -0.383 e. The molecule has 2 amide bonds. The Morgan fingerprint density at radius 2 is 2.14 bits per heavy atom. The average molecular weight is 394 g/mol. The molecule has 7 nitrogen and oxygen atoms in total. The molecule has 0 spiro atoms. The first-order valence-corrected chi connectivity index (χ1v) is 10.4. The topological polar surface area (TPSA) is 96.3 Å². The molecule has 3 fully saturated rings. The third kappa shape index (κ3) is 3.44. The number of hydrogen-bond donors (Lipinski definition) is 3. The molecule has 3 aliphatic carbocycles. The standard InChI is InChI=1S/C22H26N4O3/c27-19(15-4-5-15)21(29)25-22-7-6-14(12-22)10-18(22)24-20(28)16-2-1-3-17(11-16)26-9-8-23-13-26/h1-3,8-9,11,13-15,18-19,27H,4-7,10,12H2,(H,24,28)(H,25,29)/t14-,18+,19?,22+/m1/s1. The number of fused-ring (bicyclic) bond motifs is 2. The van der Waals surface area contributed by atoms with Gasteiger partial charge in [0, 0.05) is 23.6 Å². The summed E-state index contributed by atoms with van der Waals surface area (Å²) in [6, 6.07) is 7.31. The number of nitrogens with zero attached hydrogens (tertiary/aromatic N) is 2. The van der Waals surface area contributed by atoms with Crippen LogP contribution in [0.3, 0.4) is 0 Å². The molecule has 1 aromatic heterocycles. The van der Waals surface area contributed by atoms with Crippen LogP contribution >= 0.6 is 0 Å². The van der Waals surface area contributed by atoms with Gasteiger partial charge in [0.15, 0.2) is 0 Å². The molecule has 5 rings (SSSR count). The van der Waals surface area contributed by atoms with E-state index in [4.69, 9.17) is 0 Å². The molecule has 0 saturated heterocycles. The van der Waals surface area contributed by atoms with Crippen LogP contribution in [-0.4, -0.2) is 44.2 Å². The number of carbonyl (C=O) groups is 2. The molecule has 152 valence electrons. The van der Waals surface area contributed by atoms with Crippen LogP contribution in [0, 0.1) is 11.8 Å². The normalized spacial score (nSPS) is 28.9. The lowest BCUT2D eigenvalue weighted by Gasteiger charge is -2.37. The molecular formula is C22H26N4O3. The highest BCUT2D eigenvalue weighted by Gasteiger charge is 2.54. The van der Waals surface area contributed by atoms with E-state index >= 15 is 0 Å². The lowest BCUT2D eigenvalue weighted by molar-refractivity contribution is -0.132. The number of aliphatic hydroxyl groups is 1. The fourth-order valence-corrected chi connectivity index (χ4v) is 5.06. The van der Waals surface area contributed by atoms with Crippen LogP contribution in [0.4, 0.5) is 0 Å². The number of aromatic nitrogens is 2. The van der Waals surface area contributed by atoms with Gasteiger partial charge in [-0.25, -0.2) is 4.98 Å². The predicted octanol–water partition coefficient (Wildman–Crippen LogP) is 1.80. The number of imidazole rings is 1. The Kier molecular flexibility index (Phi) is 4.42. The van der Waals surface area contributed by atoms with E-state index in [0.29, 0.717) is 11.5 Å². The number of aliphatic hydroxyl groups excluding tert-OH is 1. The van der Waals surface area contributed by atoms with Gasteiger partial charge in [-0.2, -0.15) is 0 Å². The van der Waals surface area contributed by atoms with Gasteiger partial charge in [-0.1, -0.05) is 6.07 Å². The number of hydrogen-bond acceptors (Lipinski definition) is 4. The molecule has 4 atom stereocenters. The summed E-state index contributed by atoms with van der Waals surface area (Å²) in [4.78, 5) is 29.6. The van der Waals surface area contributed by atoms with Crippen molar-refractivity contribution in [2.45, 2.75) is 56.2 Å². The molecular weight excluding hydrogens is 368 g/mol. The molecule has 29 heavy (non-hydrogen) atoms. The van der Waals surface area contributed by atoms with E-state index in [9.17, 15) is 14.7 Å². The zero-order chi connectivity index (χ0) is 20.0. The highest BCUT2D eigenvalue weighted by atomic mass is 16.3. The first kappa shape index (κ1) is 18.4. The molecule has 0 aliphatic heterocycles. The van der Waals surface area contributed by atoms with E-state index < -0.39 is 11.6 Å². The molecule has 3 aliphatic rings. The largest absolute Gasteiger partial charge is 0.383 e. The van der Waals surface area contributed by atoms with Crippen LogP contribution in [0.25, 0.3) is 5.69 Å². The minimum atomic E-state index is -0.924. The first-order chi connectivity index (χ1) is 14.0. The molecule has 1 unspecified atom stereocenters. The number of amides is 2. The average Bonchev–Trinajstić information content (AvgIpc) is 3.13. The highest BCUT2D eigenvalue weighted by molar-refractivity contribution is 5.95. The predicted molar refractivity (Wildman–Crippen MR) is 106 cm³/mol. The van der Waals surface area contributed by atoms with Crippen molar-refractivity contribution in [3.8, 4) is 5.69 Å². The summed E-state index contributed by atoms with van der Waals surface area (Å²) in [5, 5.41) is 16.5. The second-order valence-electron chi connectivity index (χ2n) is 8.82. The zero-order valence-corrected chi connectivity index (χ0v) is 16.3. The van der Waals surface area contributed by atoms with E-state index in [-0.39, 0.29) is 23.8 Å². The molecule has 1 aromatic carbocycles. The smallest absolute Gasteiger partial charge is 0.251 e. The van der Waals surface area contributed by atoms with Crippen molar-refractivity contribution in [1.29, 1.82) is 0 Å². The summed E-state index contributed by atoms with van der Waals surface area (Å²) in [5.41, 5.74) is 1.02. The summed E-state index contributed by atoms with van der Waals surface area (Å²) in [6.07, 6.45) is 9.78. The van der Waals surface area contributed by atoms with Crippen LogP contribution in [0.5, 0.6) is 0 Å². The van der Waals surface area contributed by atoms with Gasteiger partial charge in [0.25, 0.3) is 5.91 Å². The second-order valence-corrected chi connectivity index (χ2v) is 8.82. The lowest BCUT2D eigenvalue weighted by atomic mass is 9.87. The van der Waals surface area contributed by atoms with Crippen molar-refractivity contribution >= 4 is 11.8 Å². The van der Waals surface area contributed by atoms with E-state index in [1.54, 1.807) is 18.6 Å². The minimum absolute atomic E-state index is 0.101. The fraction of sp³-hybridized carbons (Fsp3) is 0.500. The third-order valence-electron chi connectivity index (χ3n) is 6.81. The van der Waals surface area contributed by atoms with Crippen molar-refractivity contribution in [2.24, 2.45) is 11.8 Å². The molecule has 1 heterocycles. The Hall–Kier alpha value is -2.67. The van der Waals surface area contributed by atoms with Crippen LogP contribution in [0.15, 0.2) is 43.0 Å². The summed E-state index contributed by atoms with van der Waals surface area (Å²) in [6.45, 7) is 0. The van der Waals surface area contributed by atoms with Crippen LogP contribution in [0.1, 0.15) is 48.9 Å². The van der Waals surface area contributed by atoms with Crippen LogP contribution in [-0.2, 0) is 4.79 Å². The Morgan fingerprint density at radius 3 is 2.86 bits per heavy atom. The molecule has 3 N–H and O–H groups in total. The van der Waals surface area contributed by atoms with Gasteiger partial charge in [-0.15, -0.1) is 0 Å². The first-order valence-electron chi connectivity index (χ1n) is 10.4. The van der Waals surface area contributed by atoms with Gasteiger partial charge in [0.2, 0.25) is 5.91 Å². The molecule has 2 aromatic rings. The van der Waals surface area contributed by atoms with Crippen molar-refractivity contribution in [3.05, 3.63) is 48.5 Å². The number of benzene rings is 1. The number of nitrogens with one attached hydrogen (secondary N) is 2. The fourth-order valence-electron chi connectivity index (χ4n) is 5.06. The highest BCUT2D eigenvalue weighted by Crippen LogP contribution is 2.48. The third-order valence-corrected chi connectivity index (χ3v) is 6.81. The lowest BCUT2D eigenvalue weighted by Crippen LogP contribution is -2.60. The van der Waals surface area contributed by atoms with E-state index in [2.05, 4.69) is 15.6 Å². The maximum Gasteiger partial charge on any atom is 0.251 e. The van der Waals surface area contributed by atoms with Crippen LogP contribution < -0.4 is 10.6 Å². The monoisotopic (exact) mass is 394 g/mol. The van der Waals surface area contributed by atoms with E-state index in [0.717, 1.165) is 44.2 Å². The van der Waals surface area contributed by atoms with Gasteiger partial charge in [-0.3, -0.25) is 9.59 Å². The van der Waals surface area contributed by atoms with Crippen molar-refractivity contribution in [3.63, 3.8) is 0 Å². The number of carbonyl (C=O) groups excluding carboxylic acids is 2. The Labute approximate surface area is 169 Å². The van der Waals surface area contributed by atoms with E-state index in [1.165, 1.54) is 0 Å². The summed E-state index contributed by atoms with van der Waals surface area (Å²) < 4.78 is 1.86. The van der Waals surface area contributed by atoms with Crippen LogP contribution in [0.2, 0.25) is 0 Å². The molecule has 3 saturated carbocycles. The maximum atomic E-state index is 13.0. The molecule has 7 heteroatoms. The Balaban J connectivity index is 1.31. The van der Waals surface area contributed by atoms with Gasteiger partial charge < -0.3 is 20.3 Å². The van der Waals surface area contributed by atoms with Gasteiger partial charge >= 0.3 is 0 Å². The SMILES string of the molecule is O=C(N[C@H]1C[C@H]2CC[C@]1(NC(=O)C(O)C1CC1)C2)c1cccc(-n2ccnc2)c1. The quantitative estimate of drug-likeness (QED) is 0.696. The van der Waals surface area contributed by atoms with Gasteiger partial charge in [0.05, 0.1) is 17.9 Å². The van der Waals surface area contributed by atoms with E-state index in [1.807, 2.05) is 29.0 Å². The number of rotatable bonds is 6. The van der Waals surface area contributed by atoms with Crippen molar-refractivity contribution in [1.82, 2.24) is 20.2 Å². The van der Waals surface area contributed by atoms with Gasteiger partial charge in [-0.05, 0) is 68.6 Å². The Morgan fingerprint density at radius 1 is 1.28 bits per heavy atom. The second kappa shape index (κ2) is 6.99. The maximum absolute atomic E-state index is 13.0. The summed E-state index contributed by atoms with van der Waals surface area (Å²) in [7, 11) is 0. The summed E-state index contributed by atoms with van der Waals surface area (Å²) >= 11 is 0. The Bertz CT molecular complexity index is 924. The molecule has 0 radical (unpaired) electrons. The van der Waals surface area contributed by atoms with Gasteiger partial charge in [0.1, 0.15) is 6.10 Å².